The molecule has 0 aliphatic carbocycles. The number of carbonyl (C=O) groups excluding carboxylic acids is 1. The van der Waals surface area contributed by atoms with E-state index >= 15 is 0 Å². The van der Waals surface area contributed by atoms with Gasteiger partial charge in [0.2, 0.25) is 5.91 Å². The van der Waals surface area contributed by atoms with Crippen LogP contribution in [0.5, 0.6) is 0 Å². The lowest BCUT2D eigenvalue weighted by Gasteiger charge is -2.39. The van der Waals surface area contributed by atoms with E-state index < -0.39 is 0 Å². The van der Waals surface area contributed by atoms with Gasteiger partial charge < -0.3 is 10.2 Å². The average molecular weight is 268 g/mol. The Morgan fingerprint density at radius 1 is 1.21 bits per heavy atom. The molecular weight excluding hydrogens is 240 g/mol. The average Bonchev–Trinajstić information content (AvgIpc) is 2.68. The van der Waals surface area contributed by atoms with Crippen LogP contribution in [0.2, 0.25) is 0 Å². The molecule has 1 atom stereocenters. The monoisotopic (exact) mass is 268 g/mol. The predicted molar refractivity (Wildman–Crippen MR) is 77.2 cm³/mol. The van der Waals surface area contributed by atoms with E-state index in [-0.39, 0.29) is 0 Å². The van der Waals surface area contributed by atoms with E-state index in [0.717, 1.165) is 58.7 Å². The topological polar surface area (TPSA) is 38.8 Å². The van der Waals surface area contributed by atoms with Gasteiger partial charge in [-0.05, 0) is 33.0 Å². The molecule has 0 saturated carbocycles. The number of amides is 1. The van der Waals surface area contributed by atoms with Crippen LogP contribution >= 0.6 is 0 Å². The molecule has 0 radical (unpaired) electrons. The van der Waals surface area contributed by atoms with Crippen molar-refractivity contribution in [3.05, 3.63) is 0 Å². The first-order chi connectivity index (χ1) is 9.20. The number of nitrogens with zero attached hydrogens (tertiary/aromatic N) is 3. The number of carbonyl (C=O) groups is 1. The fourth-order valence-electron chi connectivity index (χ4n) is 2.96. The number of piperazine rings is 1. The summed E-state index contributed by atoms with van der Waals surface area (Å²) in [6.07, 6.45) is 2.27. The predicted octanol–water partition coefficient (Wildman–Crippen LogP) is -0.166. The summed E-state index contributed by atoms with van der Waals surface area (Å²) in [5.74, 6) is 0.313. The highest BCUT2D eigenvalue weighted by Gasteiger charge is 2.26. The molecular formula is C14H28N4O. The molecule has 0 aromatic rings. The van der Waals surface area contributed by atoms with Gasteiger partial charge >= 0.3 is 0 Å². The highest BCUT2D eigenvalue weighted by Crippen LogP contribution is 2.11. The molecule has 0 bridgehead atoms. The van der Waals surface area contributed by atoms with Crippen LogP contribution in [-0.4, -0.2) is 86.1 Å². The van der Waals surface area contributed by atoms with E-state index in [4.69, 9.17) is 0 Å². The van der Waals surface area contributed by atoms with Crippen molar-refractivity contribution in [3.63, 3.8) is 0 Å². The van der Waals surface area contributed by atoms with Crippen LogP contribution in [0.1, 0.15) is 19.8 Å². The number of nitrogens with one attached hydrogen (secondary N) is 1. The van der Waals surface area contributed by atoms with E-state index in [2.05, 4.69) is 34.0 Å². The summed E-state index contributed by atoms with van der Waals surface area (Å²) in [7, 11) is 2.16. The minimum Gasteiger partial charge on any atom is -0.339 e. The van der Waals surface area contributed by atoms with E-state index in [0.29, 0.717) is 18.5 Å². The second-order valence-electron chi connectivity index (χ2n) is 5.76. The van der Waals surface area contributed by atoms with Crippen LogP contribution in [0.3, 0.4) is 0 Å². The van der Waals surface area contributed by atoms with Gasteiger partial charge in [-0.15, -0.1) is 0 Å². The lowest BCUT2D eigenvalue weighted by atomic mass is 10.1. The van der Waals surface area contributed by atoms with Gasteiger partial charge in [0.25, 0.3) is 0 Å². The fraction of sp³-hybridized carbons (Fsp3) is 0.929. The molecule has 2 aliphatic rings. The summed E-state index contributed by atoms with van der Waals surface area (Å²) in [5.41, 5.74) is 0. The van der Waals surface area contributed by atoms with Crippen LogP contribution in [0.15, 0.2) is 0 Å². The smallest absolute Gasteiger partial charge is 0.236 e. The van der Waals surface area contributed by atoms with Gasteiger partial charge in [-0.3, -0.25) is 14.6 Å². The molecule has 5 nitrogen and oxygen atoms in total. The van der Waals surface area contributed by atoms with Crippen molar-refractivity contribution in [2.45, 2.75) is 25.8 Å². The van der Waals surface area contributed by atoms with Crippen molar-refractivity contribution < 1.29 is 4.79 Å². The van der Waals surface area contributed by atoms with E-state index in [9.17, 15) is 4.79 Å². The zero-order valence-corrected chi connectivity index (χ0v) is 12.4. The molecule has 2 heterocycles. The van der Waals surface area contributed by atoms with Gasteiger partial charge in [-0.25, -0.2) is 0 Å². The van der Waals surface area contributed by atoms with Gasteiger partial charge in [0.1, 0.15) is 0 Å². The third-order valence-corrected chi connectivity index (χ3v) is 4.39. The lowest BCUT2D eigenvalue weighted by molar-refractivity contribution is -0.135. The van der Waals surface area contributed by atoms with Crippen LogP contribution in [0, 0.1) is 0 Å². The van der Waals surface area contributed by atoms with Gasteiger partial charge in [-0.2, -0.15) is 0 Å². The first-order valence-corrected chi connectivity index (χ1v) is 7.61. The normalized spacial score (nSPS) is 27.3. The molecule has 1 unspecified atom stereocenters. The molecule has 2 rings (SSSR count). The molecule has 2 fully saturated rings. The van der Waals surface area contributed by atoms with Crippen molar-refractivity contribution in [3.8, 4) is 0 Å². The van der Waals surface area contributed by atoms with Crippen molar-refractivity contribution in [1.82, 2.24) is 20.0 Å². The second-order valence-corrected chi connectivity index (χ2v) is 5.76. The third-order valence-electron chi connectivity index (χ3n) is 4.39. The Morgan fingerprint density at radius 2 is 2.05 bits per heavy atom. The number of hydrogen-bond donors (Lipinski definition) is 1. The molecule has 0 aromatic carbocycles. The van der Waals surface area contributed by atoms with Gasteiger partial charge in [0.05, 0.1) is 6.54 Å². The molecule has 1 N–H and O–H groups in total. The van der Waals surface area contributed by atoms with Crippen molar-refractivity contribution in [2.75, 3.05) is 59.4 Å². The standard InChI is InChI=1S/C14H28N4O/c1-3-13-11-18(10-9-16(13)2)14(19)12-17-7-4-5-15-6-8-17/h13,15H,3-12H2,1-2H3. The Balaban J connectivity index is 1.82. The highest BCUT2D eigenvalue weighted by atomic mass is 16.2. The van der Waals surface area contributed by atoms with Crippen LogP contribution in [0.4, 0.5) is 0 Å². The van der Waals surface area contributed by atoms with Crippen LogP contribution in [-0.2, 0) is 4.79 Å². The molecule has 0 aromatic heterocycles. The Kier molecular flexibility index (Phi) is 5.60. The number of hydrogen-bond acceptors (Lipinski definition) is 4. The van der Waals surface area contributed by atoms with Gasteiger partial charge in [-0.1, -0.05) is 6.92 Å². The highest BCUT2D eigenvalue weighted by molar-refractivity contribution is 5.78. The zero-order valence-electron chi connectivity index (χ0n) is 12.4. The Hall–Kier alpha value is -0.650. The van der Waals surface area contributed by atoms with Crippen LogP contribution in [0.25, 0.3) is 0 Å². The maximum absolute atomic E-state index is 12.4. The largest absolute Gasteiger partial charge is 0.339 e. The summed E-state index contributed by atoms with van der Waals surface area (Å²) in [6, 6.07) is 0.531. The van der Waals surface area contributed by atoms with E-state index in [1.165, 1.54) is 0 Å². The summed E-state index contributed by atoms with van der Waals surface area (Å²) in [6.45, 7) is 9.73. The Bertz CT molecular complexity index is 289. The van der Waals surface area contributed by atoms with Crippen molar-refractivity contribution >= 4 is 5.91 Å². The summed E-state index contributed by atoms with van der Waals surface area (Å²) in [4.78, 5) is 19.1. The molecule has 2 aliphatic heterocycles. The maximum Gasteiger partial charge on any atom is 0.236 e. The quantitative estimate of drug-likeness (QED) is 0.772. The fourth-order valence-corrected chi connectivity index (χ4v) is 2.96. The first-order valence-electron chi connectivity index (χ1n) is 7.61. The summed E-state index contributed by atoms with van der Waals surface area (Å²) in [5, 5.41) is 3.38. The molecule has 1 amide bonds. The molecule has 0 spiro atoms. The number of rotatable bonds is 3. The zero-order chi connectivity index (χ0) is 13.7. The van der Waals surface area contributed by atoms with Gasteiger partial charge in [0, 0.05) is 38.8 Å². The minimum atomic E-state index is 0.313. The maximum atomic E-state index is 12.4. The van der Waals surface area contributed by atoms with Gasteiger partial charge in [0.15, 0.2) is 0 Å². The second kappa shape index (κ2) is 7.22. The van der Waals surface area contributed by atoms with Crippen LogP contribution < -0.4 is 5.32 Å². The van der Waals surface area contributed by atoms with E-state index in [1.807, 2.05) is 0 Å². The molecule has 19 heavy (non-hydrogen) atoms. The lowest BCUT2D eigenvalue weighted by Crippen LogP contribution is -2.54. The Labute approximate surface area is 116 Å². The first kappa shape index (κ1) is 14.8. The Morgan fingerprint density at radius 3 is 2.84 bits per heavy atom. The number of likely N-dealkylation sites (N-methyl/N-ethyl adjacent to an activating group) is 1. The van der Waals surface area contributed by atoms with Crippen molar-refractivity contribution in [1.29, 1.82) is 0 Å². The van der Waals surface area contributed by atoms with Crippen molar-refractivity contribution in [2.24, 2.45) is 0 Å². The minimum absolute atomic E-state index is 0.313. The molecule has 2 saturated heterocycles. The third kappa shape index (κ3) is 4.16. The SMILES string of the molecule is CCC1CN(C(=O)CN2CCCNCC2)CCN1C. The molecule has 5 heteroatoms. The molecule has 110 valence electrons. The van der Waals surface area contributed by atoms with E-state index in [1.54, 1.807) is 0 Å². The summed E-state index contributed by atoms with van der Waals surface area (Å²) >= 11 is 0. The summed E-state index contributed by atoms with van der Waals surface area (Å²) < 4.78 is 0.